The topological polar surface area (TPSA) is 52.8 Å². The van der Waals surface area contributed by atoms with Gasteiger partial charge in [0, 0.05) is 37.4 Å². The molecule has 29 heavy (non-hydrogen) atoms. The number of unbranched alkanes of at least 4 members (excludes halogenated alkanes) is 1. The molecule has 0 aliphatic heterocycles. The Balaban J connectivity index is 1.45. The van der Waals surface area contributed by atoms with E-state index in [1.165, 1.54) is 11.1 Å². The number of benzene rings is 1. The molecule has 150 valence electrons. The molecule has 0 amide bonds. The van der Waals surface area contributed by atoms with Gasteiger partial charge >= 0.3 is 0 Å². The van der Waals surface area contributed by atoms with Gasteiger partial charge in [-0.25, -0.2) is 4.98 Å². The number of nitrogens with zero attached hydrogens (tertiary/aromatic N) is 4. The lowest BCUT2D eigenvalue weighted by atomic mass is 10.2. The van der Waals surface area contributed by atoms with Crippen LogP contribution in [0.25, 0.3) is 21.9 Å². The molecule has 0 aliphatic carbocycles. The summed E-state index contributed by atoms with van der Waals surface area (Å²) in [7, 11) is 0. The van der Waals surface area contributed by atoms with Gasteiger partial charge in [0.2, 0.25) is 0 Å². The van der Waals surface area contributed by atoms with E-state index >= 15 is 0 Å². The summed E-state index contributed by atoms with van der Waals surface area (Å²) in [6.07, 6.45) is 10.9. The lowest BCUT2D eigenvalue weighted by Gasteiger charge is -2.11. The van der Waals surface area contributed by atoms with Crippen molar-refractivity contribution in [3.8, 4) is 0 Å². The lowest BCUT2D eigenvalue weighted by Crippen LogP contribution is -2.10. The molecule has 0 saturated carbocycles. The molecule has 0 bridgehead atoms. The maximum Gasteiger partial charge on any atom is 0.110 e. The SMILES string of the molecule is CCCCc1nc2cnc3ccccc3c2n1CCOCCCc1cccnc1. The largest absolute Gasteiger partial charge is 0.380 e. The minimum Gasteiger partial charge on any atom is -0.380 e. The van der Waals surface area contributed by atoms with Gasteiger partial charge in [0.15, 0.2) is 0 Å². The molecule has 4 aromatic rings. The van der Waals surface area contributed by atoms with E-state index in [1.807, 2.05) is 30.7 Å². The van der Waals surface area contributed by atoms with Crippen molar-refractivity contribution in [3.63, 3.8) is 0 Å². The zero-order valence-electron chi connectivity index (χ0n) is 17.1. The minimum absolute atomic E-state index is 0.689. The zero-order chi connectivity index (χ0) is 19.9. The molecule has 3 aromatic heterocycles. The van der Waals surface area contributed by atoms with Crippen LogP contribution in [0.2, 0.25) is 0 Å². The van der Waals surface area contributed by atoms with E-state index in [1.54, 1.807) is 0 Å². The second kappa shape index (κ2) is 9.61. The predicted molar refractivity (Wildman–Crippen MR) is 117 cm³/mol. The average molecular weight is 389 g/mol. The fourth-order valence-electron chi connectivity index (χ4n) is 3.76. The minimum atomic E-state index is 0.689. The van der Waals surface area contributed by atoms with Crippen LogP contribution in [-0.4, -0.2) is 32.7 Å². The quantitative estimate of drug-likeness (QED) is 0.360. The second-order valence-electron chi connectivity index (χ2n) is 7.37. The monoisotopic (exact) mass is 388 g/mol. The van der Waals surface area contributed by atoms with Crippen molar-refractivity contribution in [3.05, 3.63) is 66.4 Å². The zero-order valence-corrected chi connectivity index (χ0v) is 17.1. The van der Waals surface area contributed by atoms with Gasteiger partial charge in [-0.15, -0.1) is 0 Å². The van der Waals surface area contributed by atoms with Gasteiger partial charge in [0.05, 0.1) is 23.8 Å². The maximum atomic E-state index is 5.96. The van der Waals surface area contributed by atoms with Crippen LogP contribution >= 0.6 is 0 Å². The highest BCUT2D eigenvalue weighted by Gasteiger charge is 2.13. The van der Waals surface area contributed by atoms with Crippen molar-refractivity contribution >= 4 is 21.9 Å². The Kier molecular flexibility index (Phi) is 6.47. The van der Waals surface area contributed by atoms with Crippen molar-refractivity contribution < 1.29 is 4.74 Å². The molecule has 5 heteroatoms. The molecule has 1 aromatic carbocycles. The Morgan fingerprint density at radius 2 is 1.86 bits per heavy atom. The van der Waals surface area contributed by atoms with Crippen LogP contribution in [0.15, 0.2) is 55.0 Å². The number of ether oxygens (including phenoxy) is 1. The Bertz CT molecular complexity index is 1060. The standard InChI is InChI=1S/C24H28N4O/c1-2-3-12-23-27-22-18-26-21-11-5-4-10-20(21)24(22)28(23)14-16-29-15-7-9-19-8-6-13-25-17-19/h4-6,8,10-11,13,17-18H,2-3,7,9,12,14-16H2,1H3. The summed E-state index contributed by atoms with van der Waals surface area (Å²) < 4.78 is 8.31. The Morgan fingerprint density at radius 1 is 0.931 bits per heavy atom. The van der Waals surface area contributed by atoms with Gasteiger partial charge in [0.25, 0.3) is 0 Å². The third kappa shape index (κ3) is 4.62. The summed E-state index contributed by atoms with van der Waals surface area (Å²) in [5.74, 6) is 1.14. The van der Waals surface area contributed by atoms with E-state index in [0.717, 1.165) is 67.5 Å². The van der Waals surface area contributed by atoms with Crippen molar-refractivity contribution in [2.75, 3.05) is 13.2 Å². The number of fused-ring (bicyclic) bond motifs is 3. The van der Waals surface area contributed by atoms with E-state index in [4.69, 9.17) is 9.72 Å². The van der Waals surface area contributed by atoms with Crippen molar-refractivity contribution in [2.24, 2.45) is 0 Å². The average Bonchev–Trinajstić information content (AvgIpc) is 3.13. The van der Waals surface area contributed by atoms with Gasteiger partial charge in [-0.3, -0.25) is 9.97 Å². The van der Waals surface area contributed by atoms with Crippen LogP contribution in [0, 0.1) is 0 Å². The molecule has 0 N–H and O–H groups in total. The van der Waals surface area contributed by atoms with Crippen LogP contribution in [0.1, 0.15) is 37.6 Å². The normalized spacial score (nSPS) is 11.5. The molecule has 3 heterocycles. The van der Waals surface area contributed by atoms with Crippen molar-refractivity contribution in [1.29, 1.82) is 0 Å². The van der Waals surface area contributed by atoms with Gasteiger partial charge in [-0.05, 0) is 37.0 Å². The Hall–Kier alpha value is -2.79. The molecule has 0 fully saturated rings. The molecule has 0 radical (unpaired) electrons. The van der Waals surface area contributed by atoms with Gasteiger partial charge in [-0.2, -0.15) is 0 Å². The summed E-state index contributed by atoms with van der Waals surface area (Å²) in [6, 6.07) is 12.4. The Morgan fingerprint density at radius 3 is 2.72 bits per heavy atom. The van der Waals surface area contributed by atoms with Gasteiger partial charge < -0.3 is 9.30 Å². The van der Waals surface area contributed by atoms with E-state index in [2.05, 4.69) is 45.7 Å². The number of aryl methyl sites for hydroxylation is 2. The molecule has 0 unspecified atom stereocenters. The fraction of sp³-hybridized carbons (Fsp3) is 0.375. The number of pyridine rings is 2. The van der Waals surface area contributed by atoms with E-state index < -0.39 is 0 Å². The highest BCUT2D eigenvalue weighted by molar-refractivity contribution is 6.02. The van der Waals surface area contributed by atoms with Crippen LogP contribution in [0.3, 0.4) is 0 Å². The third-order valence-corrected chi connectivity index (χ3v) is 5.25. The number of aromatic nitrogens is 4. The molecule has 0 atom stereocenters. The summed E-state index contributed by atoms with van der Waals surface area (Å²) in [4.78, 5) is 13.6. The Labute approximate surface area is 171 Å². The number of para-hydroxylation sites is 1. The van der Waals surface area contributed by atoms with Crippen molar-refractivity contribution in [2.45, 2.75) is 45.6 Å². The van der Waals surface area contributed by atoms with Crippen LogP contribution in [0.4, 0.5) is 0 Å². The van der Waals surface area contributed by atoms with Crippen LogP contribution < -0.4 is 0 Å². The van der Waals surface area contributed by atoms with E-state index in [-0.39, 0.29) is 0 Å². The van der Waals surface area contributed by atoms with E-state index in [0.29, 0.717) is 6.61 Å². The first-order valence-electron chi connectivity index (χ1n) is 10.6. The molecule has 4 rings (SSSR count). The third-order valence-electron chi connectivity index (χ3n) is 5.25. The summed E-state index contributed by atoms with van der Waals surface area (Å²) >= 11 is 0. The summed E-state index contributed by atoms with van der Waals surface area (Å²) in [5, 5.41) is 1.16. The first-order chi connectivity index (χ1) is 14.4. The van der Waals surface area contributed by atoms with Gasteiger partial charge in [0.1, 0.15) is 11.3 Å². The lowest BCUT2D eigenvalue weighted by molar-refractivity contribution is 0.124. The van der Waals surface area contributed by atoms with Gasteiger partial charge in [-0.1, -0.05) is 37.6 Å². The first-order valence-corrected chi connectivity index (χ1v) is 10.6. The molecule has 5 nitrogen and oxygen atoms in total. The molecular formula is C24H28N4O. The first kappa shape index (κ1) is 19.5. The number of hydrogen-bond donors (Lipinski definition) is 0. The van der Waals surface area contributed by atoms with Crippen LogP contribution in [0.5, 0.6) is 0 Å². The maximum absolute atomic E-state index is 5.96. The second-order valence-corrected chi connectivity index (χ2v) is 7.37. The molecule has 0 spiro atoms. The fourth-order valence-corrected chi connectivity index (χ4v) is 3.76. The van der Waals surface area contributed by atoms with E-state index in [9.17, 15) is 0 Å². The van der Waals surface area contributed by atoms with Crippen LogP contribution in [-0.2, 0) is 24.1 Å². The molecule has 0 saturated heterocycles. The highest BCUT2D eigenvalue weighted by Crippen LogP contribution is 2.25. The predicted octanol–water partition coefficient (Wildman–Crippen LogP) is 4.97. The number of imidazole rings is 1. The smallest absolute Gasteiger partial charge is 0.110 e. The summed E-state index contributed by atoms with van der Waals surface area (Å²) in [6.45, 7) is 4.48. The molecular weight excluding hydrogens is 360 g/mol. The highest BCUT2D eigenvalue weighted by atomic mass is 16.5. The molecule has 0 aliphatic rings. The summed E-state index contributed by atoms with van der Waals surface area (Å²) in [5.41, 5.74) is 4.44. The van der Waals surface area contributed by atoms with Crippen molar-refractivity contribution in [1.82, 2.24) is 19.5 Å². The number of hydrogen-bond acceptors (Lipinski definition) is 4. The number of rotatable bonds is 10.